The van der Waals surface area contributed by atoms with Gasteiger partial charge in [-0.05, 0) is 19.1 Å². The van der Waals surface area contributed by atoms with Gasteiger partial charge < -0.3 is 9.88 Å². The third-order valence-electron chi connectivity index (χ3n) is 3.70. The number of aromatic nitrogens is 2. The Morgan fingerprint density at radius 2 is 2.22 bits per heavy atom. The van der Waals surface area contributed by atoms with Gasteiger partial charge in [0.25, 0.3) is 0 Å². The van der Waals surface area contributed by atoms with Crippen molar-refractivity contribution in [3.63, 3.8) is 0 Å². The molecule has 0 amide bonds. The molecule has 2 aromatic rings. The summed E-state index contributed by atoms with van der Waals surface area (Å²) in [7, 11) is 2.11. The average molecular weight is 244 g/mol. The molecule has 1 N–H and O–H groups in total. The van der Waals surface area contributed by atoms with Gasteiger partial charge >= 0.3 is 0 Å². The van der Waals surface area contributed by atoms with Gasteiger partial charge in [-0.15, -0.1) is 0 Å². The summed E-state index contributed by atoms with van der Waals surface area (Å²) in [6, 6.07) is 8.91. The predicted octanol–water partition coefficient (Wildman–Crippen LogP) is 1.37. The van der Waals surface area contributed by atoms with Crippen LogP contribution in [-0.4, -0.2) is 40.1 Å². The minimum absolute atomic E-state index is 0.577. The Bertz CT molecular complexity index is 546. The van der Waals surface area contributed by atoms with Crippen LogP contribution in [0.25, 0.3) is 11.0 Å². The zero-order valence-electron chi connectivity index (χ0n) is 11.1. The Balaban J connectivity index is 1.84. The summed E-state index contributed by atoms with van der Waals surface area (Å²) in [6.45, 7) is 6.46. The normalized spacial score (nSPS) is 21.6. The van der Waals surface area contributed by atoms with E-state index in [1.54, 1.807) is 0 Å². The van der Waals surface area contributed by atoms with Crippen molar-refractivity contribution >= 4 is 11.0 Å². The van der Waals surface area contributed by atoms with Crippen molar-refractivity contribution in [1.29, 1.82) is 0 Å². The van der Waals surface area contributed by atoms with Crippen LogP contribution in [0.4, 0.5) is 0 Å². The van der Waals surface area contributed by atoms with E-state index in [1.165, 1.54) is 5.52 Å². The Hall–Kier alpha value is -1.39. The van der Waals surface area contributed by atoms with Gasteiger partial charge in [0, 0.05) is 32.7 Å². The number of benzene rings is 1. The molecule has 0 saturated carbocycles. The molecule has 2 heterocycles. The molecule has 0 spiro atoms. The smallest absolute Gasteiger partial charge is 0.123 e. The summed E-state index contributed by atoms with van der Waals surface area (Å²) >= 11 is 0. The molecular weight excluding hydrogens is 224 g/mol. The van der Waals surface area contributed by atoms with Crippen molar-refractivity contribution in [1.82, 2.24) is 19.8 Å². The van der Waals surface area contributed by atoms with Crippen LogP contribution >= 0.6 is 0 Å². The number of imidazole rings is 1. The van der Waals surface area contributed by atoms with Gasteiger partial charge in [-0.3, -0.25) is 4.90 Å². The van der Waals surface area contributed by atoms with Crippen molar-refractivity contribution in [3.8, 4) is 0 Å². The molecule has 1 saturated heterocycles. The molecule has 4 heteroatoms. The first kappa shape index (κ1) is 11.7. The van der Waals surface area contributed by atoms with E-state index in [0.717, 1.165) is 37.5 Å². The Morgan fingerprint density at radius 1 is 1.39 bits per heavy atom. The first-order valence-electron chi connectivity index (χ1n) is 6.60. The maximum atomic E-state index is 4.73. The van der Waals surface area contributed by atoms with Crippen LogP contribution < -0.4 is 5.32 Å². The highest BCUT2D eigenvalue weighted by molar-refractivity contribution is 5.75. The SMILES string of the molecule is C[C@H]1CN(Cc2nc3ccccc3n2C)CCN1. The maximum Gasteiger partial charge on any atom is 0.123 e. The fraction of sp³-hybridized carbons (Fsp3) is 0.500. The van der Waals surface area contributed by atoms with Crippen LogP contribution in [0, 0.1) is 0 Å². The topological polar surface area (TPSA) is 33.1 Å². The zero-order chi connectivity index (χ0) is 12.5. The van der Waals surface area contributed by atoms with Crippen LogP contribution in [0.15, 0.2) is 24.3 Å². The third kappa shape index (κ3) is 2.13. The van der Waals surface area contributed by atoms with E-state index < -0.39 is 0 Å². The number of para-hydroxylation sites is 2. The number of aryl methyl sites for hydroxylation is 1. The van der Waals surface area contributed by atoms with Crippen LogP contribution in [0.2, 0.25) is 0 Å². The standard InChI is InChI=1S/C14H20N4/c1-11-9-18(8-7-15-11)10-14-16-12-5-3-4-6-13(12)17(14)2/h3-6,11,15H,7-10H2,1-2H3/t11-/m0/s1. The maximum absolute atomic E-state index is 4.73. The molecule has 1 aromatic carbocycles. The van der Waals surface area contributed by atoms with E-state index in [2.05, 4.69) is 47.0 Å². The lowest BCUT2D eigenvalue weighted by molar-refractivity contribution is 0.194. The number of rotatable bonds is 2. The highest BCUT2D eigenvalue weighted by Gasteiger charge is 2.17. The molecule has 1 fully saturated rings. The Morgan fingerprint density at radius 3 is 3.00 bits per heavy atom. The van der Waals surface area contributed by atoms with E-state index in [4.69, 9.17) is 4.98 Å². The van der Waals surface area contributed by atoms with Gasteiger partial charge in [-0.2, -0.15) is 0 Å². The molecule has 3 rings (SSSR count). The lowest BCUT2D eigenvalue weighted by atomic mass is 10.2. The lowest BCUT2D eigenvalue weighted by Crippen LogP contribution is -2.48. The highest BCUT2D eigenvalue weighted by atomic mass is 15.2. The number of nitrogens with zero attached hydrogens (tertiary/aromatic N) is 3. The van der Waals surface area contributed by atoms with Crippen LogP contribution in [0.3, 0.4) is 0 Å². The van der Waals surface area contributed by atoms with Gasteiger partial charge in [0.2, 0.25) is 0 Å². The summed E-state index contributed by atoms with van der Waals surface area (Å²) in [6.07, 6.45) is 0. The molecule has 1 aliphatic rings. The van der Waals surface area contributed by atoms with E-state index in [9.17, 15) is 0 Å². The van der Waals surface area contributed by atoms with Gasteiger partial charge in [0.15, 0.2) is 0 Å². The minimum atomic E-state index is 0.577. The number of hydrogen-bond donors (Lipinski definition) is 1. The van der Waals surface area contributed by atoms with Crippen LogP contribution in [0.5, 0.6) is 0 Å². The van der Waals surface area contributed by atoms with Crippen molar-refractivity contribution in [3.05, 3.63) is 30.1 Å². The predicted molar refractivity (Wildman–Crippen MR) is 73.5 cm³/mol. The molecule has 1 aliphatic heterocycles. The van der Waals surface area contributed by atoms with Crippen molar-refractivity contribution in [2.24, 2.45) is 7.05 Å². The second-order valence-electron chi connectivity index (χ2n) is 5.17. The van der Waals surface area contributed by atoms with E-state index in [0.29, 0.717) is 6.04 Å². The van der Waals surface area contributed by atoms with Gasteiger partial charge in [0.05, 0.1) is 17.6 Å². The molecule has 0 unspecified atom stereocenters. The van der Waals surface area contributed by atoms with Gasteiger partial charge in [0.1, 0.15) is 5.82 Å². The first-order chi connectivity index (χ1) is 8.74. The lowest BCUT2D eigenvalue weighted by Gasteiger charge is -2.31. The highest BCUT2D eigenvalue weighted by Crippen LogP contribution is 2.16. The van der Waals surface area contributed by atoms with Crippen molar-refractivity contribution in [2.75, 3.05) is 19.6 Å². The fourth-order valence-electron chi connectivity index (χ4n) is 2.69. The fourth-order valence-corrected chi connectivity index (χ4v) is 2.69. The van der Waals surface area contributed by atoms with Crippen molar-refractivity contribution in [2.45, 2.75) is 19.5 Å². The zero-order valence-corrected chi connectivity index (χ0v) is 11.1. The van der Waals surface area contributed by atoms with Crippen LogP contribution in [0.1, 0.15) is 12.7 Å². The minimum Gasteiger partial charge on any atom is -0.330 e. The molecule has 1 atom stereocenters. The van der Waals surface area contributed by atoms with Crippen molar-refractivity contribution < 1.29 is 0 Å². The quantitative estimate of drug-likeness (QED) is 0.866. The summed E-state index contributed by atoms with van der Waals surface area (Å²) in [5, 5.41) is 3.47. The number of piperazine rings is 1. The molecule has 0 radical (unpaired) electrons. The molecule has 0 bridgehead atoms. The van der Waals surface area contributed by atoms with E-state index >= 15 is 0 Å². The molecule has 1 aromatic heterocycles. The first-order valence-corrected chi connectivity index (χ1v) is 6.60. The second-order valence-corrected chi connectivity index (χ2v) is 5.17. The summed E-state index contributed by atoms with van der Waals surface area (Å²) in [4.78, 5) is 7.21. The molecule has 18 heavy (non-hydrogen) atoms. The van der Waals surface area contributed by atoms with E-state index in [-0.39, 0.29) is 0 Å². The summed E-state index contributed by atoms with van der Waals surface area (Å²) < 4.78 is 2.21. The van der Waals surface area contributed by atoms with Gasteiger partial charge in [-0.25, -0.2) is 4.98 Å². The third-order valence-corrected chi connectivity index (χ3v) is 3.70. The number of nitrogens with one attached hydrogen (secondary N) is 1. The number of hydrogen-bond acceptors (Lipinski definition) is 3. The van der Waals surface area contributed by atoms with E-state index in [1.807, 2.05) is 6.07 Å². The monoisotopic (exact) mass is 244 g/mol. The number of fused-ring (bicyclic) bond motifs is 1. The average Bonchev–Trinajstić information content (AvgIpc) is 2.67. The Labute approximate surface area is 108 Å². The summed E-state index contributed by atoms with van der Waals surface area (Å²) in [5.41, 5.74) is 2.31. The molecular formula is C14H20N4. The molecule has 4 nitrogen and oxygen atoms in total. The largest absolute Gasteiger partial charge is 0.330 e. The van der Waals surface area contributed by atoms with Gasteiger partial charge in [-0.1, -0.05) is 12.1 Å². The Kier molecular flexibility index (Phi) is 3.06. The summed E-state index contributed by atoms with van der Waals surface area (Å²) in [5.74, 6) is 1.16. The molecule has 96 valence electrons. The van der Waals surface area contributed by atoms with Crippen LogP contribution in [-0.2, 0) is 13.6 Å². The second kappa shape index (κ2) is 4.71. The molecule has 0 aliphatic carbocycles.